The lowest BCUT2D eigenvalue weighted by molar-refractivity contribution is -0.159. The molecule has 0 bridgehead atoms. The number of carbonyl (C=O) groups excluding carboxylic acids is 2. The monoisotopic (exact) mass is 215 g/mol. The molecule has 1 aliphatic heterocycles. The first-order valence-electron chi connectivity index (χ1n) is 5.19. The fraction of sp³-hybridized carbons (Fsp3) is 0.800. The zero-order valence-electron chi connectivity index (χ0n) is 9.19. The van der Waals surface area contributed by atoms with Crippen LogP contribution in [0.4, 0.5) is 0 Å². The van der Waals surface area contributed by atoms with Crippen LogP contribution in [0.15, 0.2) is 0 Å². The van der Waals surface area contributed by atoms with Gasteiger partial charge in [0.15, 0.2) is 0 Å². The number of hydrogen-bond donors (Lipinski definition) is 0. The third-order valence-corrected chi connectivity index (χ3v) is 2.30. The maximum absolute atomic E-state index is 11.4. The van der Waals surface area contributed by atoms with Gasteiger partial charge in [-0.25, -0.2) is 4.79 Å². The van der Waals surface area contributed by atoms with E-state index in [0.29, 0.717) is 6.54 Å². The molecule has 1 amide bonds. The van der Waals surface area contributed by atoms with Crippen molar-refractivity contribution in [1.29, 1.82) is 0 Å². The molecule has 0 radical (unpaired) electrons. The summed E-state index contributed by atoms with van der Waals surface area (Å²) in [4.78, 5) is 23.9. The topological polar surface area (TPSA) is 55.8 Å². The Bertz CT molecular complexity index is 236. The molecule has 0 aromatic rings. The smallest absolute Gasteiger partial charge is 0.397 e. The van der Waals surface area contributed by atoms with Gasteiger partial charge in [0.05, 0.1) is 12.7 Å². The first kappa shape index (κ1) is 12.0. The number of ether oxygens (including phenoxy) is 2. The number of nitrogens with zero attached hydrogens (tertiary/aromatic N) is 1. The molecular weight excluding hydrogens is 198 g/mol. The van der Waals surface area contributed by atoms with Crippen LogP contribution < -0.4 is 0 Å². The highest BCUT2D eigenvalue weighted by molar-refractivity contribution is 6.32. The average Bonchev–Trinajstić information content (AvgIpc) is 2.69. The molecule has 0 spiro atoms. The number of esters is 1. The Labute approximate surface area is 89.3 Å². The van der Waals surface area contributed by atoms with Gasteiger partial charge in [-0.15, -0.1) is 0 Å². The van der Waals surface area contributed by atoms with Gasteiger partial charge in [-0.05, 0) is 19.8 Å². The zero-order valence-corrected chi connectivity index (χ0v) is 9.19. The minimum absolute atomic E-state index is 0.0633. The molecule has 1 heterocycles. The van der Waals surface area contributed by atoms with Crippen LogP contribution in [0.3, 0.4) is 0 Å². The predicted molar refractivity (Wildman–Crippen MR) is 53.2 cm³/mol. The van der Waals surface area contributed by atoms with Gasteiger partial charge in [-0.2, -0.15) is 0 Å². The van der Waals surface area contributed by atoms with E-state index in [0.717, 1.165) is 19.4 Å². The summed E-state index contributed by atoms with van der Waals surface area (Å²) in [5, 5.41) is 0. The van der Waals surface area contributed by atoms with E-state index in [1.165, 1.54) is 4.90 Å². The molecule has 0 aromatic carbocycles. The lowest BCUT2D eigenvalue weighted by Gasteiger charge is -2.19. The lowest BCUT2D eigenvalue weighted by Crippen LogP contribution is -2.39. The van der Waals surface area contributed by atoms with Crippen molar-refractivity contribution in [2.75, 3.05) is 26.8 Å². The molecule has 1 fully saturated rings. The second kappa shape index (κ2) is 5.70. The summed E-state index contributed by atoms with van der Waals surface area (Å²) in [6.07, 6.45) is 2.03. The molecule has 0 aliphatic carbocycles. The second-order valence-corrected chi connectivity index (χ2v) is 3.54. The lowest BCUT2D eigenvalue weighted by atomic mass is 10.2. The molecule has 0 saturated carbocycles. The summed E-state index contributed by atoms with van der Waals surface area (Å²) in [5.74, 6) is -1.40. The maximum Gasteiger partial charge on any atom is 0.397 e. The molecule has 5 nitrogen and oxygen atoms in total. The molecule has 1 rings (SSSR count). The Hall–Kier alpha value is -1.10. The SMILES string of the molecule is CCOC(=O)C(=O)N(C)CC1CCCO1. The van der Waals surface area contributed by atoms with Crippen molar-refractivity contribution < 1.29 is 19.1 Å². The van der Waals surface area contributed by atoms with Crippen molar-refractivity contribution in [2.45, 2.75) is 25.9 Å². The Morgan fingerprint density at radius 1 is 1.53 bits per heavy atom. The zero-order chi connectivity index (χ0) is 11.3. The normalized spacial score (nSPS) is 20.0. The van der Waals surface area contributed by atoms with Gasteiger partial charge in [0, 0.05) is 20.2 Å². The molecule has 1 aliphatic rings. The Kier molecular flexibility index (Phi) is 4.55. The fourth-order valence-corrected chi connectivity index (χ4v) is 1.53. The minimum Gasteiger partial charge on any atom is -0.459 e. The van der Waals surface area contributed by atoms with E-state index in [-0.39, 0.29) is 12.7 Å². The highest BCUT2D eigenvalue weighted by Crippen LogP contribution is 2.12. The quantitative estimate of drug-likeness (QED) is 0.498. The van der Waals surface area contributed by atoms with E-state index in [4.69, 9.17) is 4.74 Å². The summed E-state index contributed by atoms with van der Waals surface area (Å²) in [6.45, 7) is 3.09. The van der Waals surface area contributed by atoms with Gasteiger partial charge in [-0.1, -0.05) is 0 Å². The van der Waals surface area contributed by atoms with E-state index in [1.54, 1.807) is 14.0 Å². The fourth-order valence-electron chi connectivity index (χ4n) is 1.53. The van der Waals surface area contributed by atoms with E-state index < -0.39 is 11.9 Å². The number of carbonyl (C=O) groups is 2. The average molecular weight is 215 g/mol. The van der Waals surface area contributed by atoms with Crippen molar-refractivity contribution in [2.24, 2.45) is 0 Å². The van der Waals surface area contributed by atoms with Gasteiger partial charge in [-0.3, -0.25) is 4.79 Å². The summed E-state index contributed by atoms with van der Waals surface area (Å²) in [6, 6.07) is 0. The Balaban J connectivity index is 2.34. The van der Waals surface area contributed by atoms with Crippen molar-refractivity contribution in [3.63, 3.8) is 0 Å². The highest BCUT2D eigenvalue weighted by Gasteiger charge is 2.24. The molecule has 15 heavy (non-hydrogen) atoms. The number of rotatable bonds is 3. The second-order valence-electron chi connectivity index (χ2n) is 3.54. The first-order chi connectivity index (χ1) is 7.15. The largest absolute Gasteiger partial charge is 0.459 e. The third-order valence-electron chi connectivity index (χ3n) is 2.30. The molecule has 0 N–H and O–H groups in total. The number of amides is 1. The molecular formula is C10H17NO4. The molecule has 5 heteroatoms. The standard InChI is InChI=1S/C10H17NO4/c1-3-14-10(13)9(12)11(2)7-8-5-4-6-15-8/h8H,3-7H2,1-2H3. The highest BCUT2D eigenvalue weighted by atomic mass is 16.5. The molecule has 1 saturated heterocycles. The van der Waals surface area contributed by atoms with Crippen LogP contribution in [0.25, 0.3) is 0 Å². The van der Waals surface area contributed by atoms with Crippen LogP contribution >= 0.6 is 0 Å². The van der Waals surface area contributed by atoms with E-state index in [2.05, 4.69) is 4.74 Å². The van der Waals surface area contributed by atoms with Gasteiger partial charge < -0.3 is 14.4 Å². The van der Waals surface area contributed by atoms with Gasteiger partial charge >= 0.3 is 11.9 Å². The first-order valence-corrected chi connectivity index (χ1v) is 5.19. The van der Waals surface area contributed by atoms with Gasteiger partial charge in [0.25, 0.3) is 0 Å². The van der Waals surface area contributed by atoms with E-state index in [1.807, 2.05) is 0 Å². The van der Waals surface area contributed by atoms with Crippen LogP contribution in [-0.4, -0.2) is 49.7 Å². The van der Waals surface area contributed by atoms with Crippen LogP contribution in [0, 0.1) is 0 Å². The van der Waals surface area contributed by atoms with E-state index >= 15 is 0 Å². The molecule has 0 aromatic heterocycles. The van der Waals surface area contributed by atoms with Crippen molar-refractivity contribution in [3.8, 4) is 0 Å². The number of hydrogen-bond acceptors (Lipinski definition) is 4. The summed E-state index contributed by atoms with van der Waals surface area (Å²) < 4.78 is 9.99. The van der Waals surface area contributed by atoms with E-state index in [9.17, 15) is 9.59 Å². The summed E-state index contributed by atoms with van der Waals surface area (Å²) in [7, 11) is 1.58. The molecule has 86 valence electrons. The van der Waals surface area contributed by atoms with Crippen molar-refractivity contribution >= 4 is 11.9 Å². The van der Waals surface area contributed by atoms with Crippen LogP contribution in [0.1, 0.15) is 19.8 Å². The minimum atomic E-state index is -0.794. The number of likely N-dealkylation sites (N-methyl/N-ethyl adjacent to an activating group) is 1. The van der Waals surface area contributed by atoms with Crippen LogP contribution in [-0.2, 0) is 19.1 Å². The predicted octanol–water partition coefficient (Wildman–Crippen LogP) is 0.187. The third kappa shape index (κ3) is 3.51. The van der Waals surface area contributed by atoms with Crippen molar-refractivity contribution in [1.82, 2.24) is 4.90 Å². The molecule has 1 atom stereocenters. The summed E-state index contributed by atoms with van der Waals surface area (Å²) >= 11 is 0. The van der Waals surface area contributed by atoms with Crippen molar-refractivity contribution in [3.05, 3.63) is 0 Å². The van der Waals surface area contributed by atoms with Crippen LogP contribution in [0.2, 0.25) is 0 Å². The van der Waals surface area contributed by atoms with Gasteiger partial charge in [0.1, 0.15) is 0 Å². The van der Waals surface area contributed by atoms with Gasteiger partial charge in [0.2, 0.25) is 0 Å². The molecule has 1 unspecified atom stereocenters. The maximum atomic E-state index is 11.4. The Morgan fingerprint density at radius 2 is 2.27 bits per heavy atom. The summed E-state index contributed by atoms with van der Waals surface area (Å²) in [5.41, 5.74) is 0. The Morgan fingerprint density at radius 3 is 2.80 bits per heavy atom. The van der Waals surface area contributed by atoms with Crippen LogP contribution in [0.5, 0.6) is 0 Å².